The lowest BCUT2D eigenvalue weighted by molar-refractivity contribution is 0.316. The Morgan fingerprint density at radius 1 is 1.47 bits per heavy atom. The smallest absolute Gasteiger partial charge is 0.139 e. The number of hydrogen-bond donors (Lipinski definition) is 3. The first kappa shape index (κ1) is 11.7. The van der Waals surface area contributed by atoms with Gasteiger partial charge in [0.2, 0.25) is 0 Å². The Balaban J connectivity index is 2.29. The number of nitrogens with one attached hydrogen (secondary N) is 1. The average Bonchev–Trinajstić information content (AvgIpc) is 2.26. The van der Waals surface area contributed by atoms with Gasteiger partial charge in [-0.2, -0.15) is 0 Å². The van der Waals surface area contributed by atoms with Crippen LogP contribution in [-0.2, 0) is 0 Å². The van der Waals surface area contributed by atoms with Crippen LogP contribution < -0.4 is 11.1 Å². The van der Waals surface area contributed by atoms with Crippen LogP contribution in [0, 0.1) is 0 Å². The van der Waals surface area contributed by atoms with Crippen molar-refractivity contribution >= 4 is 23.1 Å². The molecule has 4 N–H and O–H groups in total. The van der Waals surface area contributed by atoms with Crippen molar-refractivity contribution < 1.29 is 5.21 Å². The van der Waals surface area contributed by atoms with Gasteiger partial charge in [0.15, 0.2) is 0 Å². The van der Waals surface area contributed by atoms with Gasteiger partial charge in [0.1, 0.15) is 5.84 Å². The fourth-order valence-corrected chi connectivity index (χ4v) is 1.35. The summed E-state index contributed by atoms with van der Waals surface area (Å²) in [5.41, 5.74) is 6.23. The van der Waals surface area contributed by atoms with Crippen molar-refractivity contribution in [2.75, 3.05) is 11.9 Å². The van der Waals surface area contributed by atoms with Crippen LogP contribution in [0.4, 0.5) is 5.69 Å². The van der Waals surface area contributed by atoms with Gasteiger partial charge in [-0.05, 0) is 18.6 Å². The summed E-state index contributed by atoms with van der Waals surface area (Å²) in [5, 5.41) is 15.1. The molecule has 0 aliphatic carbocycles. The first-order valence-electron chi connectivity index (χ1n) is 4.69. The predicted octanol–water partition coefficient (Wildman–Crippen LogP) is 2.28. The Morgan fingerprint density at radius 2 is 2.20 bits per heavy atom. The number of hydrogen-bond acceptors (Lipinski definition) is 3. The summed E-state index contributed by atoms with van der Waals surface area (Å²) in [6.45, 7) is 0.736. The number of halogens is 1. The van der Waals surface area contributed by atoms with E-state index in [2.05, 4.69) is 10.5 Å². The summed E-state index contributed by atoms with van der Waals surface area (Å²) < 4.78 is 0. The molecule has 0 fully saturated rings. The third-order valence-corrected chi connectivity index (χ3v) is 2.26. The third kappa shape index (κ3) is 4.08. The molecular formula is C10H14ClN3O. The van der Waals surface area contributed by atoms with Gasteiger partial charge in [0.05, 0.1) is 10.7 Å². The van der Waals surface area contributed by atoms with Crippen molar-refractivity contribution in [3.05, 3.63) is 29.3 Å². The maximum Gasteiger partial charge on any atom is 0.139 e. The number of amidine groups is 1. The first-order valence-corrected chi connectivity index (χ1v) is 5.06. The average molecular weight is 228 g/mol. The van der Waals surface area contributed by atoms with E-state index in [0.717, 1.165) is 18.7 Å². The van der Waals surface area contributed by atoms with Crippen molar-refractivity contribution in [2.24, 2.45) is 10.9 Å². The highest BCUT2D eigenvalue weighted by molar-refractivity contribution is 6.33. The van der Waals surface area contributed by atoms with Crippen molar-refractivity contribution in [1.29, 1.82) is 0 Å². The van der Waals surface area contributed by atoms with Crippen LogP contribution in [0.3, 0.4) is 0 Å². The second kappa shape index (κ2) is 6.14. The first-order chi connectivity index (χ1) is 7.24. The lowest BCUT2D eigenvalue weighted by Crippen LogP contribution is -2.13. The summed E-state index contributed by atoms with van der Waals surface area (Å²) in [6, 6.07) is 7.53. The molecule has 1 rings (SSSR count). The Bertz CT molecular complexity index is 341. The topological polar surface area (TPSA) is 70.6 Å². The summed E-state index contributed by atoms with van der Waals surface area (Å²) in [6.07, 6.45) is 1.36. The molecule has 0 atom stereocenters. The molecule has 5 heteroatoms. The van der Waals surface area contributed by atoms with Crippen LogP contribution in [-0.4, -0.2) is 17.6 Å². The molecule has 0 radical (unpaired) electrons. The fourth-order valence-electron chi connectivity index (χ4n) is 1.15. The highest BCUT2D eigenvalue weighted by Crippen LogP contribution is 2.20. The zero-order chi connectivity index (χ0) is 11.1. The monoisotopic (exact) mass is 227 g/mol. The molecular weight excluding hydrogens is 214 g/mol. The van der Waals surface area contributed by atoms with Crippen LogP contribution in [0.2, 0.25) is 5.02 Å². The molecule has 4 nitrogen and oxygen atoms in total. The molecule has 0 saturated heterocycles. The van der Waals surface area contributed by atoms with Gasteiger partial charge >= 0.3 is 0 Å². The number of oxime groups is 1. The molecule has 0 aliphatic rings. The Labute approximate surface area is 93.7 Å². The molecule has 82 valence electrons. The van der Waals surface area contributed by atoms with Crippen LogP contribution in [0.1, 0.15) is 12.8 Å². The van der Waals surface area contributed by atoms with E-state index >= 15 is 0 Å². The molecule has 0 unspecified atom stereocenters. The Morgan fingerprint density at radius 3 is 2.87 bits per heavy atom. The van der Waals surface area contributed by atoms with E-state index in [9.17, 15) is 0 Å². The van der Waals surface area contributed by atoms with Crippen molar-refractivity contribution in [1.82, 2.24) is 0 Å². The molecule has 0 spiro atoms. The van der Waals surface area contributed by atoms with Gasteiger partial charge in [-0.1, -0.05) is 28.9 Å². The minimum absolute atomic E-state index is 0.246. The molecule has 0 saturated carbocycles. The Kier molecular flexibility index (Phi) is 4.77. The molecule has 0 aliphatic heterocycles. The van der Waals surface area contributed by atoms with Gasteiger partial charge < -0.3 is 16.3 Å². The minimum Gasteiger partial charge on any atom is -0.409 e. The van der Waals surface area contributed by atoms with Crippen LogP contribution in [0.25, 0.3) is 0 Å². The lowest BCUT2D eigenvalue weighted by atomic mass is 10.2. The van der Waals surface area contributed by atoms with Crippen molar-refractivity contribution in [3.8, 4) is 0 Å². The summed E-state index contributed by atoms with van der Waals surface area (Å²) in [4.78, 5) is 0. The normalized spacial score (nSPS) is 11.4. The highest BCUT2D eigenvalue weighted by atomic mass is 35.5. The molecule has 15 heavy (non-hydrogen) atoms. The van der Waals surface area contributed by atoms with E-state index in [-0.39, 0.29) is 5.84 Å². The quantitative estimate of drug-likeness (QED) is 0.238. The van der Waals surface area contributed by atoms with Crippen LogP contribution >= 0.6 is 11.6 Å². The summed E-state index contributed by atoms with van der Waals surface area (Å²) in [7, 11) is 0. The van der Waals surface area contributed by atoms with E-state index < -0.39 is 0 Å². The van der Waals surface area contributed by atoms with Gasteiger partial charge in [-0.3, -0.25) is 0 Å². The number of benzene rings is 1. The maximum atomic E-state index is 8.32. The van der Waals surface area contributed by atoms with E-state index in [1.165, 1.54) is 0 Å². The SMILES string of the molecule is NC(CCCNc1ccccc1Cl)=NO. The minimum atomic E-state index is 0.246. The van der Waals surface area contributed by atoms with Gasteiger partial charge in [-0.25, -0.2) is 0 Å². The van der Waals surface area contributed by atoms with E-state index in [1.54, 1.807) is 0 Å². The fraction of sp³-hybridized carbons (Fsp3) is 0.300. The number of nitrogens with two attached hydrogens (primary N) is 1. The standard InChI is InChI=1S/C10H14ClN3O/c11-8-4-1-2-5-9(8)13-7-3-6-10(12)14-15/h1-2,4-5,13,15H,3,6-7H2,(H2,12,14). The zero-order valence-corrected chi connectivity index (χ0v) is 9.04. The van der Waals surface area contributed by atoms with Gasteiger partial charge in [-0.15, -0.1) is 0 Å². The molecule has 0 bridgehead atoms. The second-order valence-electron chi connectivity index (χ2n) is 3.10. The third-order valence-electron chi connectivity index (χ3n) is 1.93. The zero-order valence-electron chi connectivity index (χ0n) is 8.28. The summed E-state index contributed by atoms with van der Waals surface area (Å²) >= 11 is 5.94. The molecule has 0 aromatic heterocycles. The number of anilines is 1. The highest BCUT2D eigenvalue weighted by Gasteiger charge is 1.97. The lowest BCUT2D eigenvalue weighted by Gasteiger charge is -2.07. The number of para-hydroxylation sites is 1. The molecule has 1 aromatic carbocycles. The van der Waals surface area contributed by atoms with Crippen molar-refractivity contribution in [2.45, 2.75) is 12.8 Å². The van der Waals surface area contributed by atoms with Crippen LogP contribution in [0.5, 0.6) is 0 Å². The van der Waals surface area contributed by atoms with E-state index in [4.69, 9.17) is 22.5 Å². The van der Waals surface area contributed by atoms with E-state index in [0.29, 0.717) is 11.4 Å². The van der Waals surface area contributed by atoms with Gasteiger partial charge in [0.25, 0.3) is 0 Å². The number of rotatable bonds is 5. The largest absolute Gasteiger partial charge is 0.409 e. The maximum absolute atomic E-state index is 8.32. The molecule has 0 amide bonds. The van der Waals surface area contributed by atoms with E-state index in [1.807, 2.05) is 24.3 Å². The Hall–Kier alpha value is -1.42. The molecule has 0 heterocycles. The van der Waals surface area contributed by atoms with Crippen molar-refractivity contribution in [3.63, 3.8) is 0 Å². The van der Waals surface area contributed by atoms with Gasteiger partial charge in [0, 0.05) is 13.0 Å². The van der Waals surface area contributed by atoms with Crippen LogP contribution in [0.15, 0.2) is 29.4 Å². The number of nitrogens with zero attached hydrogens (tertiary/aromatic N) is 1. The predicted molar refractivity (Wildman–Crippen MR) is 62.6 cm³/mol. The molecule has 1 aromatic rings. The summed E-state index contributed by atoms with van der Waals surface area (Å²) in [5.74, 6) is 0.246. The second-order valence-corrected chi connectivity index (χ2v) is 3.51.